The summed E-state index contributed by atoms with van der Waals surface area (Å²) < 4.78 is 10.5. The van der Waals surface area contributed by atoms with Gasteiger partial charge in [0.15, 0.2) is 17.7 Å². The zero-order valence-electron chi connectivity index (χ0n) is 12.7. The van der Waals surface area contributed by atoms with E-state index in [1.807, 2.05) is 18.2 Å². The average Bonchev–Trinajstić information content (AvgIpc) is 3.03. The van der Waals surface area contributed by atoms with Crippen LogP contribution in [0.3, 0.4) is 0 Å². The summed E-state index contributed by atoms with van der Waals surface area (Å²) in [5, 5.41) is 18.4. The van der Waals surface area contributed by atoms with Crippen molar-refractivity contribution in [3.05, 3.63) is 42.0 Å². The van der Waals surface area contributed by atoms with E-state index >= 15 is 0 Å². The second-order valence-corrected chi connectivity index (χ2v) is 4.96. The van der Waals surface area contributed by atoms with Gasteiger partial charge in [0.25, 0.3) is 0 Å². The summed E-state index contributed by atoms with van der Waals surface area (Å²) >= 11 is 0. The van der Waals surface area contributed by atoms with Crippen LogP contribution in [-0.2, 0) is 0 Å². The summed E-state index contributed by atoms with van der Waals surface area (Å²) in [4.78, 5) is 7.72. The molecule has 0 amide bonds. The minimum absolute atomic E-state index is 0.530. The van der Waals surface area contributed by atoms with E-state index in [1.54, 1.807) is 37.9 Å². The maximum Gasteiger partial charge on any atom is 0.161 e. The first-order valence-corrected chi connectivity index (χ1v) is 6.96. The quantitative estimate of drug-likeness (QED) is 0.425. The van der Waals surface area contributed by atoms with Crippen LogP contribution in [0.4, 0.5) is 0 Å². The van der Waals surface area contributed by atoms with Gasteiger partial charge in [-0.3, -0.25) is 0 Å². The average molecular weight is 315 g/mol. The number of aliphatic hydroxyl groups excluding tert-OH is 1. The summed E-state index contributed by atoms with van der Waals surface area (Å²) in [5.41, 5.74) is 4.69. The van der Waals surface area contributed by atoms with Crippen molar-refractivity contribution in [2.24, 2.45) is 0 Å². The van der Waals surface area contributed by atoms with Crippen molar-refractivity contribution < 1.29 is 19.8 Å². The fourth-order valence-electron chi connectivity index (χ4n) is 2.39. The number of imidazole rings is 1. The summed E-state index contributed by atoms with van der Waals surface area (Å²) in [6.07, 6.45) is -1.15. The van der Waals surface area contributed by atoms with Crippen LogP contribution in [0, 0.1) is 0 Å². The van der Waals surface area contributed by atoms with Crippen LogP contribution in [0.5, 0.6) is 11.5 Å². The van der Waals surface area contributed by atoms with Crippen LogP contribution in [0.25, 0.3) is 22.4 Å². The third-order valence-electron chi connectivity index (χ3n) is 3.60. The maximum absolute atomic E-state index is 9.61. The number of benzene rings is 2. The largest absolute Gasteiger partial charge is 0.493 e. The third-order valence-corrected chi connectivity index (χ3v) is 3.60. The van der Waals surface area contributed by atoms with Gasteiger partial charge in [0, 0.05) is 5.56 Å². The van der Waals surface area contributed by atoms with Gasteiger partial charge in [-0.1, -0.05) is 6.07 Å². The number of methoxy groups -OCH3 is 2. The van der Waals surface area contributed by atoms with E-state index in [-0.39, 0.29) is 0 Å². The molecule has 1 heterocycles. The lowest BCUT2D eigenvalue weighted by Gasteiger charge is -2.08. The molecule has 0 saturated carbocycles. The fraction of sp³-hybridized carbons (Fsp3) is 0.188. The number of H-pyrrole nitrogens is 1. The minimum Gasteiger partial charge on any atom is -0.493 e. The van der Waals surface area contributed by atoms with Crippen molar-refractivity contribution in [2.75, 3.05) is 14.2 Å². The number of fused-ring (bicyclic) bond motifs is 1. The van der Waals surface area contributed by atoms with Crippen molar-refractivity contribution >= 4 is 11.0 Å². The summed E-state index contributed by atoms with van der Waals surface area (Å²) in [6, 6.07) is 10.7. The number of hydrogen-bond donors (Lipinski definition) is 4. The van der Waals surface area contributed by atoms with E-state index < -0.39 is 6.23 Å². The molecule has 1 unspecified atom stereocenters. The molecular formula is C16H17N3O4. The zero-order valence-corrected chi connectivity index (χ0v) is 12.7. The topological polar surface area (TPSA) is 99.6 Å². The molecule has 7 heteroatoms. The smallest absolute Gasteiger partial charge is 0.161 e. The van der Waals surface area contributed by atoms with Crippen molar-refractivity contribution in [1.29, 1.82) is 0 Å². The van der Waals surface area contributed by atoms with Gasteiger partial charge in [-0.2, -0.15) is 5.48 Å². The van der Waals surface area contributed by atoms with Crippen molar-refractivity contribution in [1.82, 2.24) is 15.4 Å². The van der Waals surface area contributed by atoms with E-state index in [9.17, 15) is 5.11 Å². The van der Waals surface area contributed by atoms with Gasteiger partial charge in [-0.15, -0.1) is 0 Å². The van der Waals surface area contributed by atoms with E-state index in [0.29, 0.717) is 22.9 Å². The molecule has 0 spiro atoms. The van der Waals surface area contributed by atoms with Gasteiger partial charge in [0.2, 0.25) is 0 Å². The number of aliphatic hydroxyl groups is 1. The second-order valence-electron chi connectivity index (χ2n) is 4.96. The molecule has 7 nitrogen and oxygen atoms in total. The van der Waals surface area contributed by atoms with Gasteiger partial charge in [-0.25, -0.2) is 4.98 Å². The van der Waals surface area contributed by atoms with Gasteiger partial charge in [0.1, 0.15) is 5.82 Å². The van der Waals surface area contributed by atoms with E-state index in [1.165, 1.54) is 0 Å². The van der Waals surface area contributed by atoms with E-state index in [0.717, 1.165) is 16.6 Å². The highest BCUT2D eigenvalue weighted by Gasteiger charge is 2.12. The van der Waals surface area contributed by atoms with Crippen LogP contribution in [0.1, 0.15) is 11.8 Å². The molecule has 3 rings (SSSR count). The minimum atomic E-state index is -1.15. The number of nitrogens with one attached hydrogen (secondary N) is 2. The molecule has 0 fully saturated rings. The number of ether oxygens (including phenoxy) is 2. The number of hydroxylamine groups is 1. The number of hydrogen-bond acceptors (Lipinski definition) is 6. The van der Waals surface area contributed by atoms with Gasteiger partial charge >= 0.3 is 0 Å². The predicted octanol–water partition coefficient (Wildman–Crippen LogP) is 2.22. The highest BCUT2D eigenvalue weighted by atomic mass is 16.5. The lowest BCUT2D eigenvalue weighted by atomic mass is 10.2. The summed E-state index contributed by atoms with van der Waals surface area (Å²) in [7, 11) is 3.16. The standard InChI is InChI=1S/C16H17N3O4/c1-22-13-6-4-9(8-14(13)23-2)15-17-11-5-3-10(16(20)19-21)7-12(11)18-15/h3-8,16,19-21H,1-2H3,(H,17,18). The Kier molecular flexibility index (Phi) is 4.16. The Balaban J connectivity index is 2.03. The van der Waals surface area contributed by atoms with Crippen LogP contribution in [-0.4, -0.2) is 34.5 Å². The van der Waals surface area contributed by atoms with Crippen LogP contribution in [0.15, 0.2) is 36.4 Å². The molecule has 4 N–H and O–H groups in total. The molecule has 1 aromatic heterocycles. The normalized spacial score (nSPS) is 12.3. The predicted molar refractivity (Wildman–Crippen MR) is 84.5 cm³/mol. The lowest BCUT2D eigenvalue weighted by Crippen LogP contribution is -2.15. The number of rotatable bonds is 5. The van der Waals surface area contributed by atoms with Gasteiger partial charge in [0.05, 0.1) is 25.3 Å². The highest BCUT2D eigenvalue weighted by molar-refractivity contribution is 5.80. The number of aromatic nitrogens is 2. The molecular weight excluding hydrogens is 298 g/mol. The molecule has 3 aromatic rings. The third kappa shape index (κ3) is 2.85. The lowest BCUT2D eigenvalue weighted by molar-refractivity contribution is 0.000770. The monoisotopic (exact) mass is 315 g/mol. The second kappa shape index (κ2) is 6.25. The Morgan fingerprint density at radius 1 is 1.09 bits per heavy atom. The summed E-state index contributed by atoms with van der Waals surface area (Å²) in [6.45, 7) is 0. The van der Waals surface area contributed by atoms with Crippen LogP contribution < -0.4 is 15.0 Å². The highest BCUT2D eigenvalue weighted by Crippen LogP contribution is 2.32. The number of aromatic amines is 1. The molecule has 0 aliphatic carbocycles. The molecule has 0 bridgehead atoms. The molecule has 0 radical (unpaired) electrons. The molecule has 120 valence electrons. The first kappa shape index (κ1) is 15.3. The maximum atomic E-state index is 9.61. The molecule has 0 aliphatic heterocycles. The Bertz CT molecular complexity index is 831. The first-order valence-electron chi connectivity index (χ1n) is 6.96. The van der Waals surface area contributed by atoms with Crippen molar-refractivity contribution in [2.45, 2.75) is 6.23 Å². The van der Waals surface area contributed by atoms with Crippen molar-refractivity contribution in [3.8, 4) is 22.9 Å². The SMILES string of the molecule is COc1ccc(-c2nc3ccc(C(O)NO)cc3[nH]2)cc1OC. The molecule has 23 heavy (non-hydrogen) atoms. The van der Waals surface area contributed by atoms with Gasteiger partial charge < -0.3 is 24.8 Å². The Hall–Kier alpha value is -2.61. The zero-order chi connectivity index (χ0) is 16.4. The number of nitrogens with zero attached hydrogens (tertiary/aromatic N) is 1. The Morgan fingerprint density at radius 2 is 1.87 bits per heavy atom. The van der Waals surface area contributed by atoms with Crippen LogP contribution in [0.2, 0.25) is 0 Å². The molecule has 2 aromatic carbocycles. The first-order chi connectivity index (χ1) is 11.2. The summed E-state index contributed by atoms with van der Waals surface area (Å²) in [5.74, 6) is 1.93. The fourth-order valence-corrected chi connectivity index (χ4v) is 2.39. The Morgan fingerprint density at radius 3 is 2.57 bits per heavy atom. The van der Waals surface area contributed by atoms with Gasteiger partial charge in [-0.05, 0) is 35.9 Å². The van der Waals surface area contributed by atoms with E-state index in [4.69, 9.17) is 14.7 Å². The molecule has 0 saturated heterocycles. The van der Waals surface area contributed by atoms with E-state index in [2.05, 4.69) is 9.97 Å². The van der Waals surface area contributed by atoms with Crippen molar-refractivity contribution in [3.63, 3.8) is 0 Å². The Labute approximate surface area is 132 Å². The van der Waals surface area contributed by atoms with Crippen LogP contribution >= 0.6 is 0 Å². The molecule has 1 atom stereocenters. The molecule has 0 aliphatic rings.